The second-order valence-corrected chi connectivity index (χ2v) is 5.75. The van der Waals surface area contributed by atoms with Crippen molar-refractivity contribution in [3.8, 4) is 0 Å². The highest BCUT2D eigenvalue weighted by molar-refractivity contribution is 6.04. The van der Waals surface area contributed by atoms with Gasteiger partial charge in [-0.15, -0.1) is 0 Å². The molecule has 2 fully saturated rings. The van der Waals surface area contributed by atoms with E-state index in [1.165, 1.54) is 6.92 Å². The zero-order valence-corrected chi connectivity index (χ0v) is 12.1. The Hall–Kier alpha value is -2.21. The van der Waals surface area contributed by atoms with Crippen LogP contribution in [0.2, 0.25) is 0 Å². The van der Waals surface area contributed by atoms with Gasteiger partial charge in [0.05, 0.1) is 23.8 Å². The van der Waals surface area contributed by atoms with Crippen molar-refractivity contribution in [1.82, 2.24) is 0 Å². The summed E-state index contributed by atoms with van der Waals surface area (Å²) in [6.07, 6.45) is 0.462. The van der Waals surface area contributed by atoms with Gasteiger partial charge in [0.1, 0.15) is 0 Å². The minimum absolute atomic E-state index is 0.170. The van der Waals surface area contributed by atoms with E-state index >= 15 is 0 Å². The lowest BCUT2D eigenvalue weighted by atomic mass is 9.78. The molecular weight excluding hydrogens is 286 g/mol. The zero-order chi connectivity index (χ0) is 15.9. The Morgan fingerprint density at radius 2 is 1.77 bits per heavy atom. The van der Waals surface area contributed by atoms with Crippen molar-refractivity contribution in [2.45, 2.75) is 32.0 Å². The Balaban J connectivity index is 1.83. The first-order valence-corrected chi connectivity index (χ1v) is 7.26. The van der Waals surface area contributed by atoms with Crippen LogP contribution in [-0.4, -0.2) is 29.9 Å². The summed E-state index contributed by atoms with van der Waals surface area (Å²) in [5, 5.41) is 14.0. The van der Waals surface area contributed by atoms with Gasteiger partial charge in [-0.3, -0.25) is 9.59 Å². The smallest absolute Gasteiger partial charge is 0.230 e. The summed E-state index contributed by atoms with van der Waals surface area (Å²) in [7, 11) is 0. The lowest BCUT2D eigenvalue weighted by Gasteiger charge is -2.27. The number of carbonyl (C=O) groups is 3. The summed E-state index contributed by atoms with van der Waals surface area (Å²) in [4.78, 5) is 35.4. The monoisotopic (exact) mass is 302 g/mol. The van der Waals surface area contributed by atoms with Crippen LogP contribution in [0, 0.1) is 11.8 Å². The molecule has 22 heavy (non-hydrogen) atoms. The first kappa shape index (κ1) is 14.7. The summed E-state index contributed by atoms with van der Waals surface area (Å²) in [5.41, 5.74) is 0.782. The van der Waals surface area contributed by atoms with E-state index in [-0.39, 0.29) is 5.78 Å². The van der Waals surface area contributed by atoms with E-state index in [9.17, 15) is 19.5 Å². The first-order valence-electron chi connectivity index (χ1n) is 7.26. The van der Waals surface area contributed by atoms with Gasteiger partial charge in [0.2, 0.25) is 5.91 Å². The van der Waals surface area contributed by atoms with E-state index in [1.807, 2.05) is 0 Å². The van der Waals surface area contributed by atoms with Gasteiger partial charge in [-0.1, -0.05) is 12.1 Å². The van der Waals surface area contributed by atoms with Gasteiger partial charge in [0.15, 0.2) is 5.78 Å². The van der Waals surface area contributed by atoms with Gasteiger partial charge >= 0.3 is 0 Å². The predicted octanol–water partition coefficient (Wildman–Crippen LogP) is 0.371. The van der Waals surface area contributed by atoms with Gasteiger partial charge in [-0.2, -0.15) is 0 Å². The molecule has 1 aromatic carbocycles. The topological polar surface area (TPSA) is 95.5 Å². The quantitative estimate of drug-likeness (QED) is 0.811. The Labute approximate surface area is 127 Å². The molecule has 1 N–H and O–H groups in total. The third-order valence-electron chi connectivity index (χ3n) is 4.41. The molecule has 0 aliphatic carbocycles. The van der Waals surface area contributed by atoms with Crippen LogP contribution >= 0.6 is 0 Å². The van der Waals surface area contributed by atoms with Crippen molar-refractivity contribution in [3.63, 3.8) is 0 Å². The van der Waals surface area contributed by atoms with Crippen molar-refractivity contribution in [2.24, 2.45) is 11.8 Å². The third kappa shape index (κ3) is 2.39. The molecular formula is C16H16NO5-. The number of Topliss-reactive ketones (excluding diaryl/α,β-unsaturated/α-hetero) is 1. The molecule has 2 saturated heterocycles. The Bertz CT molecular complexity index is 641. The SMILES string of the molecule is CC(=O)c1ccccc1NC(=O)[C@@H]1[C@@H](C(=O)[O-])[C@@H]2CC[C@H]1O2. The van der Waals surface area contributed by atoms with Crippen molar-refractivity contribution in [2.75, 3.05) is 5.32 Å². The fourth-order valence-electron chi connectivity index (χ4n) is 3.43. The maximum atomic E-state index is 12.5. The number of hydrogen-bond donors (Lipinski definition) is 1. The van der Waals surface area contributed by atoms with E-state index in [1.54, 1.807) is 24.3 Å². The molecule has 2 heterocycles. The van der Waals surface area contributed by atoms with Crippen LogP contribution in [0.3, 0.4) is 0 Å². The summed E-state index contributed by atoms with van der Waals surface area (Å²) in [5.74, 6) is -3.56. The highest BCUT2D eigenvalue weighted by Gasteiger charge is 2.52. The first-order chi connectivity index (χ1) is 10.5. The van der Waals surface area contributed by atoms with Crippen LogP contribution in [0.1, 0.15) is 30.1 Å². The lowest BCUT2D eigenvalue weighted by molar-refractivity contribution is -0.313. The number of amides is 1. The number of para-hydroxylation sites is 1. The van der Waals surface area contributed by atoms with Crippen LogP contribution in [-0.2, 0) is 14.3 Å². The van der Waals surface area contributed by atoms with Crippen molar-refractivity contribution < 1.29 is 24.2 Å². The molecule has 2 aliphatic heterocycles. The van der Waals surface area contributed by atoms with Crippen LogP contribution in [0.25, 0.3) is 0 Å². The number of rotatable bonds is 4. The Morgan fingerprint density at radius 3 is 2.41 bits per heavy atom. The highest BCUT2D eigenvalue weighted by Crippen LogP contribution is 2.43. The lowest BCUT2D eigenvalue weighted by Crippen LogP contribution is -2.46. The molecule has 6 heteroatoms. The average molecular weight is 302 g/mol. The minimum Gasteiger partial charge on any atom is -0.550 e. The van der Waals surface area contributed by atoms with Gasteiger partial charge in [-0.25, -0.2) is 0 Å². The summed E-state index contributed by atoms with van der Waals surface area (Å²) in [6.45, 7) is 1.41. The molecule has 6 nitrogen and oxygen atoms in total. The molecule has 3 rings (SSSR count). The van der Waals surface area contributed by atoms with E-state index in [2.05, 4.69) is 5.32 Å². The molecule has 2 bridgehead atoms. The second-order valence-electron chi connectivity index (χ2n) is 5.75. The maximum Gasteiger partial charge on any atom is 0.230 e. The van der Waals surface area contributed by atoms with Crippen molar-refractivity contribution in [3.05, 3.63) is 29.8 Å². The zero-order valence-electron chi connectivity index (χ0n) is 12.1. The average Bonchev–Trinajstić information content (AvgIpc) is 3.08. The highest BCUT2D eigenvalue weighted by atomic mass is 16.5. The van der Waals surface area contributed by atoms with Gasteiger partial charge in [0, 0.05) is 17.5 Å². The standard InChI is InChI=1S/C16H17NO5/c1-8(18)9-4-2-3-5-10(9)17-15(19)13-11-6-7-12(22-11)14(13)16(20)21/h2-5,11-14H,6-7H2,1H3,(H,17,19)(H,20,21)/p-1/t11-,12+,13+,14+/m1/s1. The van der Waals surface area contributed by atoms with Gasteiger partial charge < -0.3 is 20.0 Å². The minimum atomic E-state index is -1.26. The number of fused-ring (bicyclic) bond motifs is 2. The number of benzene rings is 1. The maximum absolute atomic E-state index is 12.5. The number of anilines is 1. The molecule has 0 radical (unpaired) electrons. The number of hydrogen-bond acceptors (Lipinski definition) is 5. The van der Waals surface area contributed by atoms with Crippen molar-refractivity contribution >= 4 is 23.3 Å². The number of carboxylic acid groups (broad SMARTS) is 1. The second kappa shape index (κ2) is 5.53. The normalized spacial score (nSPS) is 29.3. The molecule has 116 valence electrons. The molecule has 1 amide bonds. The molecule has 4 atom stereocenters. The summed E-state index contributed by atoms with van der Waals surface area (Å²) < 4.78 is 5.55. The van der Waals surface area contributed by atoms with Crippen LogP contribution in [0.5, 0.6) is 0 Å². The van der Waals surface area contributed by atoms with Crippen LogP contribution in [0.4, 0.5) is 5.69 Å². The summed E-state index contributed by atoms with van der Waals surface area (Å²) >= 11 is 0. The molecule has 0 spiro atoms. The molecule has 0 saturated carbocycles. The van der Waals surface area contributed by atoms with E-state index in [0.29, 0.717) is 24.1 Å². The van der Waals surface area contributed by atoms with Crippen LogP contribution in [0.15, 0.2) is 24.3 Å². The van der Waals surface area contributed by atoms with E-state index < -0.39 is 35.9 Å². The largest absolute Gasteiger partial charge is 0.550 e. The van der Waals surface area contributed by atoms with Gasteiger partial charge in [-0.05, 0) is 31.9 Å². The predicted molar refractivity (Wildman–Crippen MR) is 75.0 cm³/mol. The number of carbonyl (C=O) groups excluding carboxylic acids is 3. The number of ketones is 1. The number of carboxylic acids is 1. The van der Waals surface area contributed by atoms with Crippen molar-refractivity contribution in [1.29, 1.82) is 0 Å². The molecule has 0 unspecified atom stereocenters. The number of aliphatic carboxylic acids is 1. The molecule has 1 aromatic rings. The summed E-state index contributed by atoms with van der Waals surface area (Å²) in [6, 6.07) is 6.65. The third-order valence-corrected chi connectivity index (χ3v) is 4.41. The fraction of sp³-hybridized carbons (Fsp3) is 0.438. The Morgan fingerprint density at radius 1 is 1.14 bits per heavy atom. The number of ether oxygens (including phenoxy) is 1. The Kier molecular flexibility index (Phi) is 3.70. The van der Waals surface area contributed by atoms with E-state index in [4.69, 9.17) is 4.74 Å². The van der Waals surface area contributed by atoms with Gasteiger partial charge in [0.25, 0.3) is 0 Å². The fourth-order valence-corrected chi connectivity index (χ4v) is 3.43. The molecule has 0 aromatic heterocycles. The molecule has 2 aliphatic rings. The van der Waals surface area contributed by atoms with E-state index in [0.717, 1.165) is 0 Å². The van der Waals surface area contributed by atoms with Crippen LogP contribution < -0.4 is 10.4 Å². The number of nitrogens with one attached hydrogen (secondary N) is 1.